The van der Waals surface area contributed by atoms with Crippen molar-refractivity contribution in [2.75, 3.05) is 0 Å². The molecule has 0 heterocycles. The Morgan fingerprint density at radius 3 is 2.56 bits per heavy atom. The molecular weight excluding hydrogens is 202 g/mol. The smallest absolute Gasteiger partial charge is 0.217 e. The van der Waals surface area contributed by atoms with Gasteiger partial charge in [0.25, 0.3) is 0 Å². The van der Waals surface area contributed by atoms with E-state index in [1.165, 1.54) is 6.92 Å². The van der Waals surface area contributed by atoms with E-state index in [1.54, 1.807) is 0 Å². The number of carbonyl (C=O) groups is 1. The van der Waals surface area contributed by atoms with Gasteiger partial charge in [0.05, 0.1) is 12.1 Å². The molecule has 1 rings (SSSR count). The zero-order valence-corrected chi connectivity index (χ0v) is 10.3. The van der Waals surface area contributed by atoms with Crippen LogP contribution in [0.25, 0.3) is 0 Å². The van der Waals surface area contributed by atoms with Crippen molar-refractivity contribution in [3.63, 3.8) is 0 Å². The second kappa shape index (κ2) is 5.54. The zero-order chi connectivity index (χ0) is 12.1. The number of carbonyl (C=O) groups excluding carboxylic acids is 1. The van der Waals surface area contributed by atoms with Gasteiger partial charge in [-0.1, -0.05) is 12.1 Å². The molecule has 1 aromatic rings. The van der Waals surface area contributed by atoms with Crippen LogP contribution >= 0.6 is 0 Å². The van der Waals surface area contributed by atoms with Crippen molar-refractivity contribution in [3.05, 3.63) is 29.8 Å². The fourth-order valence-electron chi connectivity index (χ4n) is 1.52. The van der Waals surface area contributed by atoms with E-state index >= 15 is 0 Å². The molecule has 0 saturated carbocycles. The predicted octanol–water partition coefficient (Wildman–Crippen LogP) is 2.67. The fourth-order valence-corrected chi connectivity index (χ4v) is 1.52. The highest BCUT2D eigenvalue weighted by molar-refractivity contribution is 5.73. The topological polar surface area (TPSA) is 38.3 Å². The highest BCUT2D eigenvalue weighted by Gasteiger charge is 2.07. The van der Waals surface area contributed by atoms with Gasteiger partial charge < -0.3 is 10.1 Å². The monoisotopic (exact) mass is 221 g/mol. The number of amides is 1. The van der Waals surface area contributed by atoms with Crippen LogP contribution in [0.15, 0.2) is 24.3 Å². The van der Waals surface area contributed by atoms with Crippen LogP contribution in [0.5, 0.6) is 5.75 Å². The first kappa shape index (κ1) is 12.6. The molecule has 3 nitrogen and oxygen atoms in total. The summed E-state index contributed by atoms with van der Waals surface area (Å²) in [4.78, 5) is 10.9. The second-order valence-electron chi connectivity index (χ2n) is 4.16. The van der Waals surface area contributed by atoms with Crippen LogP contribution in [0.3, 0.4) is 0 Å². The van der Waals surface area contributed by atoms with E-state index in [4.69, 9.17) is 4.74 Å². The van der Waals surface area contributed by atoms with Crippen LogP contribution in [0.4, 0.5) is 0 Å². The number of hydrogen-bond donors (Lipinski definition) is 1. The van der Waals surface area contributed by atoms with Crippen LogP contribution in [0.2, 0.25) is 0 Å². The summed E-state index contributed by atoms with van der Waals surface area (Å²) < 4.78 is 5.60. The Labute approximate surface area is 96.8 Å². The number of rotatable bonds is 4. The highest BCUT2D eigenvalue weighted by Crippen LogP contribution is 2.19. The maximum Gasteiger partial charge on any atom is 0.217 e. The Morgan fingerprint density at radius 1 is 1.31 bits per heavy atom. The van der Waals surface area contributed by atoms with Gasteiger partial charge in [0, 0.05) is 6.92 Å². The summed E-state index contributed by atoms with van der Waals surface area (Å²) in [7, 11) is 0. The summed E-state index contributed by atoms with van der Waals surface area (Å²) in [5.74, 6) is 0.812. The van der Waals surface area contributed by atoms with Gasteiger partial charge in [-0.05, 0) is 38.5 Å². The van der Waals surface area contributed by atoms with E-state index in [2.05, 4.69) is 5.32 Å². The first-order chi connectivity index (χ1) is 7.49. The van der Waals surface area contributed by atoms with E-state index in [0.29, 0.717) is 0 Å². The zero-order valence-electron chi connectivity index (χ0n) is 10.3. The lowest BCUT2D eigenvalue weighted by Gasteiger charge is -2.15. The molecule has 0 aliphatic carbocycles. The van der Waals surface area contributed by atoms with Crippen LogP contribution in [-0.2, 0) is 4.79 Å². The first-order valence-corrected chi connectivity index (χ1v) is 5.52. The molecule has 1 amide bonds. The largest absolute Gasteiger partial charge is 0.491 e. The molecule has 0 aliphatic heterocycles. The third-order valence-corrected chi connectivity index (χ3v) is 2.15. The number of nitrogens with one attached hydrogen (secondary N) is 1. The fraction of sp³-hybridized carbons (Fsp3) is 0.462. The molecule has 0 spiro atoms. The normalized spacial score (nSPS) is 12.3. The number of ether oxygens (including phenoxy) is 1. The van der Waals surface area contributed by atoms with Crippen LogP contribution in [0.1, 0.15) is 39.3 Å². The molecule has 1 aromatic carbocycles. The number of benzene rings is 1. The molecule has 3 heteroatoms. The second-order valence-corrected chi connectivity index (χ2v) is 4.16. The standard InChI is InChI=1S/C13H19NO2/c1-9(2)16-13-7-5-6-12(8-13)10(3)14-11(4)15/h5-10H,1-4H3,(H,14,15). The maximum absolute atomic E-state index is 10.9. The number of hydrogen-bond acceptors (Lipinski definition) is 2. The van der Waals surface area contributed by atoms with Crippen molar-refractivity contribution in [1.82, 2.24) is 5.32 Å². The van der Waals surface area contributed by atoms with Crippen LogP contribution in [-0.4, -0.2) is 12.0 Å². The van der Waals surface area contributed by atoms with Crippen LogP contribution in [0, 0.1) is 0 Å². The Bertz CT molecular complexity index is 361. The van der Waals surface area contributed by atoms with Gasteiger partial charge in [-0.3, -0.25) is 4.79 Å². The first-order valence-electron chi connectivity index (χ1n) is 5.52. The van der Waals surface area contributed by atoms with Gasteiger partial charge in [0.2, 0.25) is 5.91 Å². The van der Waals surface area contributed by atoms with E-state index < -0.39 is 0 Å². The van der Waals surface area contributed by atoms with Crippen molar-refractivity contribution in [1.29, 1.82) is 0 Å². The van der Waals surface area contributed by atoms with Crippen molar-refractivity contribution in [2.24, 2.45) is 0 Å². The maximum atomic E-state index is 10.9. The minimum Gasteiger partial charge on any atom is -0.491 e. The minimum absolute atomic E-state index is 0.00760. The SMILES string of the molecule is CC(=O)NC(C)c1cccc(OC(C)C)c1. The van der Waals surface area contributed by atoms with E-state index in [-0.39, 0.29) is 18.1 Å². The third-order valence-electron chi connectivity index (χ3n) is 2.15. The lowest BCUT2D eigenvalue weighted by molar-refractivity contribution is -0.119. The molecule has 1 N–H and O–H groups in total. The average Bonchev–Trinajstić information content (AvgIpc) is 2.16. The Balaban J connectivity index is 2.77. The Kier molecular flexibility index (Phi) is 4.35. The molecule has 0 bridgehead atoms. The summed E-state index contributed by atoms with van der Waals surface area (Å²) in [6.07, 6.45) is 0.159. The van der Waals surface area contributed by atoms with Crippen molar-refractivity contribution >= 4 is 5.91 Å². The molecule has 1 unspecified atom stereocenters. The quantitative estimate of drug-likeness (QED) is 0.848. The lowest BCUT2D eigenvalue weighted by Crippen LogP contribution is -2.23. The van der Waals surface area contributed by atoms with Gasteiger partial charge in [-0.15, -0.1) is 0 Å². The van der Waals surface area contributed by atoms with E-state index in [0.717, 1.165) is 11.3 Å². The molecule has 0 aromatic heterocycles. The molecule has 0 radical (unpaired) electrons. The van der Waals surface area contributed by atoms with Crippen molar-refractivity contribution in [3.8, 4) is 5.75 Å². The van der Waals surface area contributed by atoms with E-state index in [1.807, 2.05) is 45.0 Å². The van der Waals surface area contributed by atoms with Crippen LogP contribution < -0.4 is 10.1 Å². The van der Waals surface area contributed by atoms with Crippen molar-refractivity contribution < 1.29 is 9.53 Å². The summed E-state index contributed by atoms with van der Waals surface area (Å²) in [6, 6.07) is 7.80. The lowest BCUT2D eigenvalue weighted by atomic mass is 10.1. The summed E-state index contributed by atoms with van der Waals surface area (Å²) in [5, 5.41) is 2.85. The Hall–Kier alpha value is -1.51. The van der Waals surface area contributed by atoms with Gasteiger partial charge in [0.15, 0.2) is 0 Å². The predicted molar refractivity (Wildman–Crippen MR) is 64.4 cm³/mol. The van der Waals surface area contributed by atoms with Crippen molar-refractivity contribution in [2.45, 2.75) is 39.8 Å². The van der Waals surface area contributed by atoms with Gasteiger partial charge in [-0.2, -0.15) is 0 Å². The van der Waals surface area contributed by atoms with E-state index in [9.17, 15) is 4.79 Å². The molecule has 0 fully saturated rings. The summed E-state index contributed by atoms with van der Waals surface area (Å²) in [6.45, 7) is 7.45. The molecule has 0 saturated heterocycles. The highest BCUT2D eigenvalue weighted by atomic mass is 16.5. The van der Waals surface area contributed by atoms with Gasteiger partial charge >= 0.3 is 0 Å². The van der Waals surface area contributed by atoms with Gasteiger partial charge in [-0.25, -0.2) is 0 Å². The molecule has 16 heavy (non-hydrogen) atoms. The Morgan fingerprint density at radius 2 is 2.00 bits per heavy atom. The molecule has 88 valence electrons. The molecular formula is C13H19NO2. The molecule has 0 aliphatic rings. The average molecular weight is 221 g/mol. The molecule has 1 atom stereocenters. The summed E-state index contributed by atoms with van der Waals surface area (Å²) in [5.41, 5.74) is 1.05. The third kappa shape index (κ3) is 3.93. The van der Waals surface area contributed by atoms with Gasteiger partial charge in [0.1, 0.15) is 5.75 Å². The minimum atomic E-state index is -0.0253. The summed E-state index contributed by atoms with van der Waals surface area (Å²) >= 11 is 0.